The summed E-state index contributed by atoms with van der Waals surface area (Å²) in [6.45, 7) is 2.57. The number of halogens is 1. The molecule has 0 saturated heterocycles. The average molecular weight is 238 g/mol. The van der Waals surface area contributed by atoms with Crippen LogP contribution in [-0.2, 0) is 4.74 Å². The Hall–Kier alpha value is -1.00. The molecular weight excluding hydrogens is 219 g/mol. The first-order chi connectivity index (χ1) is 8.19. The fourth-order valence-corrected chi connectivity index (χ4v) is 2.73. The molecule has 0 bridgehead atoms. The van der Waals surface area contributed by atoms with Crippen LogP contribution in [-0.4, -0.2) is 17.2 Å². The molecule has 1 aromatic rings. The Labute approximate surface area is 101 Å². The molecule has 0 amide bonds. The van der Waals surface area contributed by atoms with Crippen molar-refractivity contribution in [3.8, 4) is 0 Å². The lowest BCUT2D eigenvalue weighted by Crippen LogP contribution is -2.42. The minimum atomic E-state index is -0.409. The summed E-state index contributed by atoms with van der Waals surface area (Å²) in [5.41, 5.74) is 6.35. The number of ether oxygens (including phenoxy) is 1. The van der Waals surface area contributed by atoms with Gasteiger partial charge in [0.2, 0.25) is 0 Å². The summed E-state index contributed by atoms with van der Waals surface area (Å²) >= 11 is 0. The van der Waals surface area contributed by atoms with Crippen LogP contribution in [0.5, 0.6) is 0 Å². The van der Waals surface area contributed by atoms with Gasteiger partial charge < -0.3 is 10.5 Å². The highest BCUT2D eigenvalue weighted by atomic mass is 19.1. The highest BCUT2D eigenvalue weighted by Gasteiger charge is 2.41. The molecule has 1 aromatic heterocycles. The number of hydrogen-bond acceptors (Lipinski definition) is 3. The molecular formula is C13H19FN2O. The Kier molecular flexibility index (Phi) is 3.74. The lowest BCUT2D eigenvalue weighted by atomic mass is 9.87. The summed E-state index contributed by atoms with van der Waals surface area (Å²) in [7, 11) is 0. The van der Waals surface area contributed by atoms with Crippen molar-refractivity contribution in [2.45, 2.75) is 44.2 Å². The molecule has 1 aliphatic rings. The van der Waals surface area contributed by atoms with Gasteiger partial charge in [-0.15, -0.1) is 0 Å². The van der Waals surface area contributed by atoms with Crippen LogP contribution in [0.15, 0.2) is 18.5 Å². The first-order valence-electron chi connectivity index (χ1n) is 6.18. The number of rotatable bonds is 4. The van der Waals surface area contributed by atoms with Gasteiger partial charge in [-0.3, -0.25) is 4.98 Å². The Bertz CT molecular complexity index is 377. The maximum Gasteiger partial charge on any atom is 0.146 e. The average Bonchev–Trinajstić information content (AvgIpc) is 2.79. The molecule has 0 aliphatic heterocycles. The summed E-state index contributed by atoms with van der Waals surface area (Å²) in [6.07, 6.45) is 6.80. The summed E-state index contributed by atoms with van der Waals surface area (Å²) < 4.78 is 19.6. The van der Waals surface area contributed by atoms with Crippen molar-refractivity contribution in [1.82, 2.24) is 4.98 Å². The Morgan fingerprint density at radius 2 is 2.24 bits per heavy atom. The lowest BCUT2D eigenvalue weighted by molar-refractivity contribution is -0.0543. The zero-order valence-electron chi connectivity index (χ0n) is 10.2. The lowest BCUT2D eigenvalue weighted by Gasteiger charge is -2.35. The van der Waals surface area contributed by atoms with E-state index >= 15 is 0 Å². The topological polar surface area (TPSA) is 48.1 Å². The number of hydrogen-bond donors (Lipinski definition) is 1. The van der Waals surface area contributed by atoms with E-state index in [-0.39, 0.29) is 5.82 Å². The molecule has 1 saturated carbocycles. The highest BCUT2D eigenvalue weighted by Crippen LogP contribution is 2.42. The fourth-order valence-electron chi connectivity index (χ4n) is 2.73. The summed E-state index contributed by atoms with van der Waals surface area (Å²) in [6, 6.07) is 1.24. The second-order valence-corrected chi connectivity index (χ2v) is 4.58. The second-order valence-electron chi connectivity index (χ2n) is 4.58. The standard InChI is InChI=1S/C13H19FN2O/c1-2-17-13(6-3-4-7-13)12(15)10-5-8-16-9-11(10)14/h5,8-9,12H,2-4,6-7,15H2,1H3. The molecule has 17 heavy (non-hydrogen) atoms. The van der Waals surface area contributed by atoms with Gasteiger partial charge in [0.25, 0.3) is 0 Å². The van der Waals surface area contributed by atoms with Crippen LogP contribution < -0.4 is 5.73 Å². The maximum atomic E-state index is 13.7. The number of pyridine rings is 1. The van der Waals surface area contributed by atoms with E-state index in [4.69, 9.17) is 10.5 Å². The van der Waals surface area contributed by atoms with Crippen LogP contribution in [0.4, 0.5) is 4.39 Å². The van der Waals surface area contributed by atoms with E-state index in [0.717, 1.165) is 25.7 Å². The third-order valence-corrected chi connectivity index (χ3v) is 3.59. The Morgan fingerprint density at radius 3 is 2.82 bits per heavy atom. The second kappa shape index (κ2) is 5.10. The van der Waals surface area contributed by atoms with Gasteiger partial charge in [-0.1, -0.05) is 12.8 Å². The van der Waals surface area contributed by atoms with Crippen LogP contribution in [0.25, 0.3) is 0 Å². The molecule has 0 spiro atoms. The predicted molar refractivity (Wildman–Crippen MR) is 63.9 cm³/mol. The van der Waals surface area contributed by atoms with Crippen LogP contribution >= 0.6 is 0 Å². The summed E-state index contributed by atoms with van der Waals surface area (Å²) in [5, 5.41) is 0. The molecule has 1 unspecified atom stereocenters. The normalized spacial score (nSPS) is 20.4. The quantitative estimate of drug-likeness (QED) is 0.877. The monoisotopic (exact) mass is 238 g/mol. The minimum Gasteiger partial charge on any atom is -0.373 e. The van der Waals surface area contributed by atoms with Crippen molar-refractivity contribution in [2.24, 2.45) is 5.73 Å². The van der Waals surface area contributed by atoms with Gasteiger partial charge in [0, 0.05) is 18.4 Å². The zero-order chi connectivity index (χ0) is 12.3. The van der Waals surface area contributed by atoms with Gasteiger partial charge in [0.1, 0.15) is 5.82 Å². The van der Waals surface area contributed by atoms with Crippen molar-refractivity contribution < 1.29 is 9.13 Å². The van der Waals surface area contributed by atoms with Gasteiger partial charge in [0.15, 0.2) is 0 Å². The molecule has 1 atom stereocenters. The molecule has 94 valence electrons. The van der Waals surface area contributed by atoms with Crippen molar-refractivity contribution in [3.63, 3.8) is 0 Å². The van der Waals surface area contributed by atoms with E-state index in [1.165, 1.54) is 6.20 Å². The van der Waals surface area contributed by atoms with Crippen molar-refractivity contribution >= 4 is 0 Å². The van der Waals surface area contributed by atoms with Crippen LogP contribution in [0, 0.1) is 5.82 Å². The van der Waals surface area contributed by atoms with Crippen molar-refractivity contribution in [1.29, 1.82) is 0 Å². The third kappa shape index (κ3) is 2.33. The smallest absolute Gasteiger partial charge is 0.146 e. The molecule has 4 heteroatoms. The molecule has 0 aromatic carbocycles. The molecule has 1 aliphatic carbocycles. The number of nitrogens with zero attached hydrogens (tertiary/aromatic N) is 1. The highest BCUT2D eigenvalue weighted by molar-refractivity contribution is 5.21. The molecule has 1 heterocycles. The van der Waals surface area contributed by atoms with E-state index in [1.807, 2.05) is 6.92 Å². The van der Waals surface area contributed by atoms with Gasteiger partial charge in [-0.2, -0.15) is 0 Å². The predicted octanol–water partition coefficient (Wildman–Crippen LogP) is 2.57. The largest absolute Gasteiger partial charge is 0.373 e. The van der Waals surface area contributed by atoms with E-state index < -0.39 is 11.6 Å². The summed E-state index contributed by atoms with van der Waals surface area (Å²) in [4.78, 5) is 3.75. The van der Waals surface area contributed by atoms with Crippen LogP contribution in [0.3, 0.4) is 0 Å². The van der Waals surface area contributed by atoms with Crippen LogP contribution in [0.1, 0.15) is 44.2 Å². The van der Waals surface area contributed by atoms with Gasteiger partial charge >= 0.3 is 0 Å². The molecule has 2 rings (SSSR count). The van der Waals surface area contributed by atoms with Crippen molar-refractivity contribution in [3.05, 3.63) is 29.8 Å². The van der Waals surface area contributed by atoms with Crippen molar-refractivity contribution in [2.75, 3.05) is 6.61 Å². The molecule has 1 fully saturated rings. The van der Waals surface area contributed by atoms with E-state index in [0.29, 0.717) is 12.2 Å². The Morgan fingerprint density at radius 1 is 1.53 bits per heavy atom. The molecule has 3 nitrogen and oxygen atoms in total. The van der Waals surface area contributed by atoms with E-state index in [1.54, 1.807) is 12.3 Å². The number of nitrogens with two attached hydrogens (primary N) is 1. The zero-order valence-corrected chi connectivity index (χ0v) is 10.2. The van der Waals surface area contributed by atoms with E-state index in [2.05, 4.69) is 4.98 Å². The molecule has 0 radical (unpaired) electrons. The minimum absolute atomic E-state index is 0.342. The first-order valence-corrected chi connectivity index (χ1v) is 6.18. The van der Waals surface area contributed by atoms with Gasteiger partial charge in [-0.05, 0) is 25.8 Å². The summed E-state index contributed by atoms with van der Waals surface area (Å²) in [5.74, 6) is -0.342. The van der Waals surface area contributed by atoms with Gasteiger partial charge in [-0.25, -0.2) is 4.39 Å². The van der Waals surface area contributed by atoms with E-state index in [9.17, 15) is 4.39 Å². The van der Waals surface area contributed by atoms with Crippen LogP contribution in [0.2, 0.25) is 0 Å². The van der Waals surface area contributed by atoms with Gasteiger partial charge in [0.05, 0.1) is 17.8 Å². The first kappa shape index (κ1) is 12.5. The SMILES string of the molecule is CCOC1(C(N)c2ccncc2F)CCCC1. The Balaban J connectivity index is 2.28. The molecule has 2 N–H and O–H groups in total. The maximum absolute atomic E-state index is 13.7. The third-order valence-electron chi connectivity index (χ3n) is 3.59. The number of aromatic nitrogens is 1. The fraction of sp³-hybridized carbons (Fsp3) is 0.615.